The van der Waals surface area contributed by atoms with Crippen LogP contribution in [0.25, 0.3) is 20.7 Å². The molecule has 0 bridgehead atoms. The van der Waals surface area contributed by atoms with Crippen LogP contribution in [-0.4, -0.2) is 21.9 Å². The lowest BCUT2D eigenvalue weighted by atomic mass is 9.87. The minimum Gasteiger partial charge on any atom is -0.309 e. The van der Waals surface area contributed by atoms with Gasteiger partial charge in [-0.3, -0.25) is 9.69 Å². The molecule has 5 rings (SSSR count). The number of hydrogen-bond donors (Lipinski definition) is 1. The van der Waals surface area contributed by atoms with E-state index >= 15 is 0 Å². The molecule has 1 aliphatic carbocycles. The number of rotatable bonds is 4. The summed E-state index contributed by atoms with van der Waals surface area (Å²) in [7, 11) is 2.13. The van der Waals surface area contributed by atoms with Gasteiger partial charge in [0.2, 0.25) is 0 Å². The second-order valence-corrected chi connectivity index (χ2v) is 8.76. The monoisotopic (exact) mass is 401 g/mol. The average Bonchev–Trinajstić information content (AvgIpc) is 3.19. The molecule has 0 amide bonds. The van der Waals surface area contributed by atoms with Crippen molar-refractivity contribution in [3.05, 3.63) is 88.0 Å². The highest BCUT2D eigenvalue weighted by Crippen LogP contribution is 2.34. The van der Waals surface area contributed by atoms with Gasteiger partial charge in [-0.1, -0.05) is 54.6 Å². The standard InChI is InChI=1S/C24H23N3OS/c1-27(20-13-7-11-16-8-5-6-12-18(16)20)15-22-25-23(28)19-14-21(29-24(19)26-22)17-9-3-2-4-10-17/h2-6,8-10,12,14,20H,7,11,13,15H2,1H3,(H,25,26,28). The van der Waals surface area contributed by atoms with E-state index in [1.165, 1.54) is 17.5 Å². The summed E-state index contributed by atoms with van der Waals surface area (Å²) in [5, 5.41) is 0.670. The SMILES string of the molecule is CN(Cc1nc2sc(-c3ccccc3)cc2c(=O)[nH]1)C1CCCc2ccccc21. The van der Waals surface area contributed by atoms with Crippen LogP contribution in [0.3, 0.4) is 0 Å². The van der Waals surface area contributed by atoms with E-state index in [0.29, 0.717) is 18.0 Å². The Kier molecular flexibility index (Phi) is 4.78. The third kappa shape index (κ3) is 3.52. The number of nitrogens with one attached hydrogen (secondary N) is 1. The van der Waals surface area contributed by atoms with Crippen LogP contribution in [0.1, 0.15) is 35.8 Å². The summed E-state index contributed by atoms with van der Waals surface area (Å²) in [6.07, 6.45) is 3.48. The highest BCUT2D eigenvalue weighted by atomic mass is 32.1. The Bertz CT molecular complexity index is 1210. The number of nitrogens with zero attached hydrogens (tertiary/aromatic N) is 2. The first kappa shape index (κ1) is 18.3. The molecule has 0 spiro atoms. The fourth-order valence-electron chi connectivity index (χ4n) is 4.33. The Labute approximate surface area is 173 Å². The first-order valence-corrected chi connectivity index (χ1v) is 10.9. The molecule has 1 aliphatic rings. The fraction of sp³-hybridized carbons (Fsp3) is 0.250. The third-order valence-corrected chi connectivity index (χ3v) is 6.86. The van der Waals surface area contributed by atoms with Gasteiger partial charge in [0.05, 0.1) is 11.9 Å². The molecule has 4 aromatic rings. The molecule has 0 saturated heterocycles. The zero-order chi connectivity index (χ0) is 19.8. The molecule has 1 unspecified atom stereocenters. The lowest BCUT2D eigenvalue weighted by molar-refractivity contribution is 0.208. The summed E-state index contributed by atoms with van der Waals surface area (Å²) < 4.78 is 0. The maximum absolute atomic E-state index is 12.7. The number of aryl methyl sites for hydroxylation is 1. The second kappa shape index (κ2) is 7.58. The molecule has 29 heavy (non-hydrogen) atoms. The summed E-state index contributed by atoms with van der Waals surface area (Å²) >= 11 is 1.58. The lowest BCUT2D eigenvalue weighted by Crippen LogP contribution is -2.29. The summed E-state index contributed by atoms with van der Waals surface area (Å²) in [4.78, 5) is 24.7. The summed E-state index contributed by atoms with van der Waals surface area (Å²) in [6.45, 7) is 0.628. The smallest absolute Gasteiger partial charge is 0.259 e. The van der Waals surface area contributed by atoms with Crippen LogP contribution >= 0.6 is 11.3 Å². The largest absolute Gasteiger partial charge is 0.309 e. The van der Waals surface area contributed by atoms with Crippen LogP contribution in [0.5, 0.6) is 0 Å². The molecule has 0 radical (unpaired) electrons. The van der Waals surface area contributed by atoms with E-state index < -0.39 is 0 Å². The second-order valence-electron chi connectivity index (χ2n) is 7.73. The van der Waals surface area contributed by atoms with Gasteiger partial charge in [-0.05, 0) is 49.1 Å². The number of benzene rings is 2. The third-order valence-electron chi connectivity index (χ3n) is 5.78. The van der Waals surface area contributed by atoms with Crippen molar-refractivity contribution in [1.82, 2.24) is 14.9 Å². The van der Waals surface area contributed by atoms with E-state index in [1.807, 2.05) is 24.3 Å². The first-order chi connectivity index (χ1) is 14.2. The normalized spacial score (nSPS) is 16.3. The molecule has 2 aromatic carbocycles. The Morgan fingerprint density at radius 3 is 2.79 bits per heavy atom. The number of thiophene rings is 1. The van der Waals surface area contributed by atoms with E-state index in [1.54, 1.807) is 11.3 Å². The van der Waals surface area contributed by atoms with Gasteiger partial charge < -0.3 is 4.98 Å². The minimum absolute atomic E-state index is 0.0547. The van der Waals surface area contributed by atoms with Crippen LogP contribution in [0, 0.1) is 0 Å². The van der Waals surface area contributed by atoms with Crippen LogP contribution in [0.4, 0.5) is 0 Å². The van der Waals surface area contributed by atoms with Gasteiger partial charge in [0.25, 0.3) is 5.56 Å². The molecule has 0 fully saturated rings. The van der Waals surface area contributed by atoms with Gasteiger partial charge in [0.15, 0.2) is 0 Å². The highest BCUT2D eigenvalue weighted by Gasteiger charge is 2.24. The Morgan fingerprint density at radius 1 is 1.14 bits per heavy atom. The summed E-state index contributed by atoms with van der Waals surface area (Å²) in [5.41, 5.74) is 3.92. The Morgan fingerprint density at radius 2 is 1.93 bits per heavy atom. The number of aromatic amines is 1. The molecule has 4 nitrogen and oxygen atoms in total. The average molecular weight is 402 g/mol. The van der Waals surface area contributed by atoms with Crippen molar-refractivity contribution in [3.8, 4) is 10.4 Å². The lowest BCUT2D eigenvalue weighted by Gasteiger charge is -2.33. The van der Waals surface area contributed by atoms with Crippen LogP contribution in [0.2, 0.25) is 0 Å². The molecule has 5 heteroatoms. The van der Waals surface area contributed by atoms with Gasteiger partial charge >= 0.3 is 0 Å². The van der Waals surface area contributed by atoms with E-state index in [4.69, 9.17) is 4.98 Å². The molecular formula is C24H23N3OS. The van der Waals surface area contributed by atoms with Gasteiger partial charge in [-0.2, -0.15) is 0 Å². The fourth-order valence-corrected chi connectivity index (χ4v) is 5.38. The molecule has 1 N–H and O–H groups in total. The van der Waals surface area contributed by atoms with Crippen molar-refractivity contribution in [2.24, 2.45) is 0 Å². The van der Waals surface area contributed by atoms with Crippen molar-refractivity contribution < 1.29 is 0 Å². The van der Waals surface area contributed by atoms with Crippen LogP contribution in [0.15, 0.2) is 65.5 Å². The summed E-state index contributed by atoms with van der Waals surface area (Å²) in [5.74, 6) is 0.731. The molecule has 0 aliphatic heterocycles. The quantitative estimate of drug-likeness (QED) is 0.514. The topological polar surface area (TPSA) is 49.0 Å². The number of fused-ring (bicyclic) bond motifs is 2. The summed E-state index contributed by atoms with van der Waals surface area (Å²) in [6, 6.07) is 21.2. The van der Waals surface area contributed by atoms with E-state index in [-0.39, 0.29) is 5.56 Å². The predicted octanol–water partition coefficient (Wildman–Crippen LogP) is 5.16. The maximum atomic E-state index is 12.7. The van der Waals surface area contributed by atoms with Crippen molar-refractivity contribution in [3.63, 3.8) is 0 Å². The van der Waals surface area contributed by atoms with Gasteiger partial charge in [-0.25, -0.2) is 4.98 Å². The maximum Gasteiger partial charge on any atom is 0.259 e. The van der Waals surface area contributed by atoms with Crippen molar-refractivity contribution in [2.75, 3.05) is 7.05 Å². The van der Waals surface area contributed by atoms with Gasteiger partial charge in [0.1, 0.15) is 10.7 Å². The van der Waals surface area contributed by atoms with Gasteiger partial charge in [-0.15, -0.1) is 11.3 Å². The molecule has 146 valence electrons. The number of aromatic nitrogens is 2. The molecular weight excluding hydrogens is 378 g/mol. The predicted molar refractivity (Wildman–Crippen MR) is 119 cm³/mol. The Hall–Kier alpha value is -2.76. The van der Waals surface area contributed by atoms with Crippen LogP contribution in [-0.2, 0) is 13.0 Å². The zero-order valence-electron chi connectivity index (χ0n) is 16.4. The van der Waals surface area contributed by atoms with Crippen molar-refractivity contribution in [2.45, 2.75) is 31.8 Å². The van der Waals surface area contributed by atoms with Gasteiger partial charge in [0, 0.05) is 10.9 Å². The Balaban J connectivity index is 1.45. The first-order valence-electron chi connectivity index (χ1n) is 10.1. The van der Waals surface area contributed by atoms with Crippen molar-refractivity contribution >= 4 is 21.6 Å². The minimum atomic E-state index is -0.0547. The zero-order valence-corrected chi connectivity index (χ0v) is 17.2. The number of hydrogen-bond acceptors (Lipinski definition) is 4. The number of H-pyrrole nitrogens is 1. The van der Waals surface area contributed by atoms with E-state index in [0.717, 1.165) is 33.9 Å². The molecule has 0 saturated carbocycles. The molecule has 1 atom stereocenters. The highest BCUT2D eigenvalue weighted by molar-refractivity contribution is 7.21. The van der Waals surface area contributed by atoms with E-state index in [2.05, 4.69) is 53.3 Å². The van der Waals surface area contributed by atoms with Crippen LogP contribution < -0.4 is 5.56 Å². The van der Waals surface area contributed by atoms with Crippen molar-refractivity contribution in [1.29, 1.82) is 0 Å². The molecule has 2 aromatic heterocycles. The molecule has 2 heterocycles. The van der Waals surface area contributed by atoms with E-state index in [9.17, 15) is 4.79 Å².